The van der Waals surface area contributed by atoms with E-state index in [1.54, 1.807) is 0 Å². The highest BCUT2D eigenvalue weighted by Crippen LogP contribution is 2.34. The first-order chi connectivity index (χ1) is 9.74. The summed E-state index contributed by atoms with van der Waals surface area (Å²) in [7, 11) is 2.22. The average molecular weight is 278 g/mol. The molecule has 1 heterocycles. The van der Waals surface area contributed by atoms with Crippen molar-refractivity contribution >= 4 is 0 Å². The van der Waals surface area contributed by atoms with E-state index in [0.29, 0.717) is 12.0 Å². The summed E-state index contributed by atoms with van der Waals surface area (Å²) < 4.78 is 5.59. The molecular formula is C17H30N2O. The summed E-state index contributed by atoms with van der Waals surface area (Å²) in [5.74, 6) is 1.73. The van der Waals surface area contributed by atoms with Crippen LogP contribution in [0.15, 0.2) is 0 Å². The average Bonchev–Trinajstić information content (AvgIpc) is 2.48. The Labute approximate surface area is 124 Å². The first-order valence-electron chi connectivity index (χ1n) is 8.42. The van der Waals surface area contributed by atoms with Gasteiger partial charge in [-0.3, -0.25) is 0 Å². The van der Waals surface area contributed by atoms with E-state index < -0.39 is 0 Å². The molecule has 3 nitrogen and oxygen atoms in total. The number of hydrogen-bond donors (Lipinski definition) is 0. The van der Waals surface area contributed by atoms with Crippen molar-refractivity contribution in [1.82, 2.24) is 4.90 Å². The Morgan fingerprint density at radius 2 is 2.10 bits per heavy atom. The Hall–Kier alpha value is -0.590. The van der Waals surface area contributed by atoms with Crippen molar-refractivity contribution in [2.75, 3.05) is 26.8 Å². The molecule has 1 saturated heterocycles. The van der Waals surface area contributed by atoms with Gasteiger partial charge in [0.15, 0.2) is 0 Å². The van der Waals surface area contributed by atoms with Crippen LogP contribution in [0.5, 0.6) is 0 Å². The molecular weight excluding hydrogens is 248 g/mol. The molecule has 2 rings (SSSR count). The van der Waals surface area contributed by atoms with Crippen LogP contribution in [0.4, 0.5) is 0 Å². The first kappa shape index (κ1) is 15.8. The van der Waals surface area contributed by atoms with Crippen LogP contribution in [-0.2, 0) is 4.74 Å². The highest BCUT2D eigenvalue weighted by atomic mass is 16.5. The molecule has 0 radical (unpaired) electrons. The first-order valence-corrected chi connectivity index (χ1v) is 8.42. The van der Waals surface area contributed by atoms with Crippen LogP contribution in [0, 0.1) is 29.1 Å². The molecule has 20 heavy (non-hydrogen) atoms. The van der Waals surface area contributed by atoms with Crippen LogP contribution >= 0.6 is 0 Å². The second-order valence-corrected chi connectivity index (χ2v) is 6.79. The molecule has 1 aliphatic heterocycles. The van der Waals surface area contributed by atoms with Gasteiger partial charge in [0.1, 0.15) is 0 Å². The van der Waals surface area contributed by atoms with E-state index in [2.05, 4.69) is 24.9 Å². The van der Waals surface area contributed by atoms with Gasteiger partial charge >= 0.3 is 0 Å². The van der Waals surface area contributed by atoms with E-state index in [1.807, 2.05) is 0 Å². The highest BCUT2D eigenvalue weighted by Gasteiger charge is 2.33. The van der Waals surface area contributed by atoms with Gasteiger partial charge in [0.2, 0.25) is 0 Å². The molecule has 1 saturated carbocycles. The van der Waals surface area contributed by atoms with E-state index in [4.69, 9.17) is 4.74 Å². The zero-order valence-electron chi connectivity index (χ0n) is 13.2. The van der Waals surface area contributed by atoms with Crippen molar-refractivity contribution in [2.24, 2.45) is 17.8 Å². The minimum absolute atomic E-state index is 0.234. The third-order valence-corrected chi connectivity index (χ3v) is 5.15. The van der Waals surface area contributed by atoms with E-state index in [1.165, 1.54) is 38.5 Å². The van der Waals surface area contributed by atoms with Gasteiger partial charge in [0.05, 0.1) is 18.6 Å². The molecule has 0 bridgehead atoms. The Balaban J connectivity index is 1.89. The monoisotopic (exact) mass is 278 g/mol. The van der Waals surface area contributed by atoms with Crippen molar-refractivity contribution in [3.05, 3.63) is 0 Å². The quantitative estimate of drug-likeness (QED) is 0.773. The normalized spacial score (nSPS) is 34.9. The number of hydrogen-bond acceptors (Lipinski definition) is 3. The molecule has 0 amide bonds. The maximum Gasteiger partial charge on any atom is 0.0672 e. The molecule has 4 unspecified atom stereocenters. The van der Waals surface area contributed by atoms with Crippen molar-refractivity contribution < 1.29 is 4.74 Å². The zero-order valence-corrected chi connectivity index (χ0v) is 13.2. The van der Waals surface area contributed by atoms with Crippen LogP contribution in [0.25, 0.3) is 0 Å². The summed E-state index contributed by atoms with van der Waals surface area (Å²) in [5.41, 5.74) is 0. The number of ether oxygens (including phenoxy) is 1. The molecule has 0 aromatic heterocycles. The van der Waals surface area contributed by atoms with Crippen LogP contribution in [0.1, 0.15) is 51.9 Å². The van der Waals surface area contributed by atoms with Crippen LogP contribution in [-0.4, -0.2) is 37.7 Å². The van der Waals surface area contributed by atoms with Gasteiger partial charge in [0.25, 0.3) is 0 Å². The predicted molar refractivity (Wildman–Crippen MR) is 81.3 cm³/mol. The molecule has 4 atom stereocenters. The number of nitrogens with zero attached hydrogens (tertiary/aromatic N) is 2. The lowest BCUT2D eigenvalue weighted by atomic mass is 9.76. The van der Waals surface area contributed by atoms with E-state index in [9.17, 15) is 5.26 Å². The SMILES string of the molecule is CCCC1CCC(C#N)C(N(C)CC2CCCOC2)C1. The van der Waals surface area contributed by atoms with Gasteiger partial charge in [-0.2, -0.15) is 5.26 Å². The summed E-state index contributed by atoms with van der Waals surface area (Å²) in [6, 6.07) is 3.03. The second-order valence-electron chi connectivity index (χ2n) is 6.79. The molecule has 114 valence electrons. The molecule has 0 aromatic carbocycles. The van der Waals surface area contributed by atoms with Gasteiger partial charge in [0, 0.05) is 19.2 Å². The molecule has 3 heteroatoms. The summed E-state index contributed by atoms with van der Waals surface area (Å²) in [5, 5.41) is 9.43. The second kappa shape index (κ2) is 8.00. The molecule has 0 spiro atoms. The molecule has 2 aliphatic rings. The molecule has 0 aromatic rings. The Bertz CT molecular complexity index is 319. The van der Waals surface area contributed by atoms with Crippen molar-refractivity contribution in [2.45, 2.75) is 57.9 Å². The van der Waals surface area contributed by atoms with Gasteiger partial charge in [-0.05, 0) is 51.0 Å². The fraction of sp³-hybridized carbons (Fsp3) is 0.941. The van der Waals surface area contributed by atoms with E-state index in [-0.39, 0.29) is 5.92 Å². The minimum Gasteiger partial charge on any atom is -0.381 e. The van der Waals surface area contributed by atoms with E-state index in [0.717, 1.165) is 32.1 Å². The third kappa shape index (κ3) is 4.20. The predicted octanol–water partition coefficient (Wildman–Crippen LogP) is 3.45. The van der Waals surface area contributed by atoms with Gasteiger partial charge in [-0.1, -0.05) is 19.8 Å². The largest absolute Gasteiger partial charge is 0.381 e. The number of nitriles is 1. The maximum absolute atomic E-state index is 9.43. The zero-order chi connectivity index (χ0) is 14.4. The smallest absolute Gasteiger partial charge is 0.0672 e. The summed E-state index contributed by atoms with van der Waals surface area (Å²) >= 11 is 0. The molecule has 2 fully saturated rings. The van der Waals surface area contributed by atoms with Crippen LogP contribution < -0.4 is 0 Å². The van der Waals surface area contributed by atoms with Crippen molar-refractivity contribution in [1.29, 1.82) is 5.26 Å². The van der Waals surface area contributed by atoms with E-state index >= 15 is 0 Å². The molecule has 1 aliphatic carbocycles. The lowest BCUT2D eigenvalue weighted by Crippen LogP contribution is -2.45. The lowest BCUT2D eigenvalue weighted by molar-refractivity contribution is 0.0254. The summed E-state index contributed by atoms with van der Waals surface area (Å²) in [4.78, 5) is 2.47. The lowest BCUT2D eigenvalue weighted by Gasteiger charge is -2.40. The molecule has 0 N–H and O–H groups in total. The van der Waals surface area contributed by atoms with Gasteiger partial charge in [-0.25, -0.2) is 0 Å². The standard InChI is InChI=1S/C17H30N2O/c1-3-5-14-7-8-16(11-18)17(10-14)19(2)12-15-6-4-9-20-13-15/h14-17H,3-10,12-13H2,1-2H3. The Morgan fingerprint density at radius 3 is 2.75 bits per heavy atom. The minimum atomic E-state index is 0.234. The number of rotatable bonds is 5. The van der Waals surface area contributed by atoms with Crippen molar-refractivity contribution in [3.63, 3.8) is 0 Å². The van der Waals surface area contributed by atoms with Gasteiger partial charge in [-0.15, -0.1) is 0 Å². The van der Waals surface area contributed by atoms with Crippen molar-refractivity contribution in [3.8, 4) is 6.07 Å². The van der Waals surface area contributed by atoms with Crippen LogP contribution in [0.3, 0.4) is 0 Å². The Morgan fingerprint density at radius 1 is 1.25 bits per heavy atom. The maximum atomic E-state index is 9.43. The fourth-order valence-electron chi connectivity index (χ4n) is 4.03. The fourth-order valence-corrected chi connectivity index (χ4v) is 4.03. The summed E-state index contributed by atoms with van der Waals surface area (Å²) in [6.07, 6.45) is 8.65. The van der Waals surface area contributed by atoms with Crippen LogP contribution in [0.2, 0.25) is 0 Å². The highest BCUT2D eigenvalue weighted by molar-refractivity contribution is 4.97. The van der Waals surface area contributed by atoms with Gasteiger partial charge < -0.3 is 9.64 Å². The Kier molecular flexibility index (Phi) is 6.32. The summed E-state index contributed by atoms with van der Waals surface area (Å²) in [6.45, 7) is 5.21. The topological polar surface area (TPSA) is 36.3 Å². The third-order valence-electron chi connectivity index (χ3n) is 5.15.